The van der Waals surface area contributed by atoms with Crippen molar-refractivity contribution in [3.63, 3.8) is 0 Å². The van der Waals surface area contributed by atoms with Gasteiger partial charge in [0, 0.05) is 17.9 Å². The normalized spacial score (nSPS) is 14.8. The molecule has 5 nitrogen and oxygen atoms in total. The van der Waals surface area contributed by atoms with E-state index < -0.39 is 0 Å². The van der Waals surface area contributed by atoms with Gasteiger partial charge in [-0.3, -0.25) is 4.79 Å². The van der Waals surface area contributed by atoms with Crippen LogP contribution in [0, 0.1) is 5.41 Å². The number of carbonyl (C=O) groups excluding carboxylic acids is 1. The van der Waals surface area contributed by atoms with Crippen LogP contribution in [0.1, 0.15) is 40.5 Å². The van der Waals surface area contributed by atoms with Gasteiger partial charge < -0.3 is 16.3 Å². The predicted molar refractivity (Wildman–Crippen MR) is 59.7 cm³/mol. The van der Waals surface area contributed by atoms with Gasteiger partial charge in [-0.1, -0.05) is 25.9 Å². The quantitative estimate of drug-likeness (QED) is 0.277. The second-order valence-corrected chi connectivity index (χ2v) is 4.41. The summed E-state index contributed by atoms with van der Waals surface area (Å²) in [6, 6.07) is -0.126. The van der Waals surface area contributed by atoms with Crippen LogP contribution in [0.4, 0.5) is 0 Å². The van der Waals surface area contributed by atoms with Gasteiger partial charge in [0.05, 0.1) is 0 Å². The Morgan fingerprint density at radius 3 is 2.53 bits per heavy atom. The Labute approximate surface area is 90.7 Å². The fraction of sp³-hybridized carbons (Fsp3) is 0.800. The maximum Gasteiger partial charge on any atom is 0.225 e. The largest absolute Gasteiger partial charge is 0.409 e. The SMILES string of the molecule is CCC(C)(C)C(=O)NC(C)CC(N)=NO. The number of oxime groups is 1. The van der Waals surface area contributed by atoms with Crippen LogP contribution in [0.5, 0.6) is 0 Å². The van der Waals surface area contributed by atoms with Crippen LogP contribution in [0.25, 0.3) is 0 Å². The van der Waals surface area contributed by atoms with Crippen LogP contribution in [0.3, 0.4) is 0 Å². The number of amides is 1. The Kier molecular flexibility index (Phi) is 5.11. The van der Waals surface area contributed by atoms with Crippen LogP contribution in [0.2, 0.25) is 0 Å². The molecule has 0 rings (SSSR count). The number of amidine groups is 1. The number of hydrogen-bond donors (Lipinski definition) is 3. The van der Waals surface area contributed by atoms with Gasteiger partial charge in [-0.05, 0) is 13.3 Å². The predicted octanol–water partition coefficient (Wildman–Crippen LogP) is 1.06. The first-order valence-corrected chi connectivity index (χ1v) is 5.10. The molecule has 0 saturated carbocycles. The van der Waals surface area contributed by atoms with Crippen molar-refractivity contribution in [2.45, 2.75) is 46.6 Å². The summed E-state index contributed by atoms with van der Waals surface area (Å²) in [5.74, 6) is 0.111. The fourth-order valence-corrected chi connectivity index (χ4v) is 0.985. The third-order valence-corrected chi connectivity index (χ3v) is 2.52. The van der Waals surface area contributed by atoms with E-state index in [1.165, 1.54) is 0 Å². The van der Waals surface area contributed by atoms with Crippen molar-refractivity contribution in [3.8, 4) is 0 Å². The minimum atomic E-state index is -0.376. The number of carbonyl (C=O) groups is 1. The molecule has 0 fully saturated rings. The lowest BCUT2D eigenvalue weighted by molar-refractivity contribution is -0.130. The lowest BCUT2D eigenvalue weighted by Gasteiger charge is -2.24. The summed E-state index contributed by atoms with van der Waals surface area (Å²) in [7, 11) is 0. The molecule has 0 aromatic heterocycles. The molecule has 15 heavy (non-hydrogen) atoms. The topological polar surface area (TPSA) is 87.7 Å². The number of nitrogens with two attached hydrogens (primary N) is 1. The molecule has 4 N–H and O–H groups in total. The smallest absolute Gasteiger partial charge is 0.225 e. The van der Waals surface area contributed by atoms with Gasteiger partial charge in [-0.2, -0.15) is 0 Å². The molecule has 1 amide bonds. The summed E-state index contributed by atoms with van der Waals surface area (Å²) in [6.07, 6.45) is 1.12. The Morgan fingerprint density at radius 1 is 1.60 bits per heavy atom. The zero-order chi connectivity index (χ0) is 12.1. The minimum absolute atomic E-state index is 0.0109. The standard InChI is InChI=1S/C10H21N3O2/c1-5-10(3,4)9(14)12-7(2)6-8(11)13-15/h7,15H,5-6H2,1-4H3,(H2,11,13)(H,12,14). The molecule has 0 spiro atoms. The van der Waals surface area contributed by atoms with Crippen molar-refractivity contribution in [3.05, 3.63) is 0 Å². The Balaban J connectivity index is 4.19. The Hall–Kier alpha value is -1.26. The molecule has 0 aliphatic rings. The molecule has 0 bridgehead atoms. The van der Waals surface area contributed by atoms with Crippen LogP contribution in [0.15, 0.2) is 5.16 Å². The van der Waals surface area contributed by atoms with E-state index in [2.05, 4.69) is 10.5 Å². The summed E-state index contributed by atoms with van der Waals surface area (Å²) in [4.78, 5) is 11.7. The zero-order valence-electron chi connectivity index (χ0n) is 9.87. The summed E-state index contributed by atoms with van der Waals surface area (Å²) in [5, 5.41) is 14.1. The van der Waals surface area contributed by atoms with Crippen LogP contribution in [-0.2, 0) is 4.79 Å². The van der Waals surface area contributed by atoms with Gasteiger partial charge >= 0.3 is 0 Å². The highest BCUT2D eigenvalue weighted by molar-refractivity contribution is 5.84. The van der Waals surface area contributed by atoms with Gasteiger partial charge in [0.25, 0.3) is 0 Å². The molecule has 0 aliphatic heterocycles. The van der Waals surface area contributed by atoms with E-state index >= 15 is 0 Å². The molecule has 0 aromatic rings. The molecule has 0 saturated heterocycles. The van der Waals surface area contributed by atoms with Crippen LogP contribution in [-0.4, -0.2) is 23.0 Å². The molecule has 0 aromatic carbocycles. The molecular formula is C10H21N3O2. The van der Waals surface area contributed by atoms with Gasteiger partial charge in [-0.15, -0.1) is 0 Å². The molecule has 0 heterocycles. The second-order valence-electron chi connectivity index (χ2n) is 4.41. The fourth-order valence-electron chi connectivity index (χ4n) is 0.985. The van der Waals surface area contributed by atoms with E-state index in [4.69, 9.17) is 10.9 Å². The highest BCUT2D eigenvalue weighted by Crippen LogP contribution is 2.19. The van der Waals surface area contributed by atoms with Gasteiger partial charge in [0.2, 0.25) is 5.91 Å². The zero-order valence-corrected chi connectivity index (χ0v) is 9.87. The summed E-state index contributed by atoms with van der Waals surface area (Å²) in [5.41, 5.74) is 4.96. The van der Waals surface area contributed by atoms with Crippen molar-refractivity contribution in [1.82, 2.24) is 5.32 Å². The van der Waals surface area contributed by atoms with E-state index in [-0.39, 0.29) is 23.2 Å². The molecule has 0 radical (unpaired) electrons. The molecule has 1 atom stereocenters. The number of nitrogens with one attached hydrogen (secondary N) is 1. The van der Waals surface area contributed by atoms with Crippen LogP contribution >= 0.6 is 0 Å². The van der Waals surface area contributed by atoms with Crippen molar-refractivity contribution in [2.75, 3.05) is 0 Å². The first kappa shape index (κ1) is 13.7. The first-order chi connectivity index (χ1) is 6.83. The maximum atomic E-state index is 11.7. The van der Waals surface area contributed by atoms with Gasteiger partial charge in [-0.25, -0.2) is 0 Å². The van der Waals surface area contributed by atoms with Crippen molar-refractivity contribution in [2.24, 2.45) is 16.3 Å². The van der Waals surface area contributed by atoms with E-state index in [9.17, 15) is 4.79 Å². The van der Waals surface area contributed by atoms with Crippen LogP contribution < -0.4 is 11.1 Å². The highest BCUT2D eigenvalue weighted by atomic mass is 16.4. The van der Waals surface area contributed by atoms with E-state index in [1.54, 1.807) is 0 Å². The monoisotopic (exact) mass is 215 g/mol. The summed E-state index contributed by atoms with van der Waals surface area (Å²) in [6.45, 7) is 7.56. The number of rotatable bonds is 5. The number of nitrogens with zero attached hydrogens (tertiary/aromatic N) is 1. The average Bonchev–Trinajstić information content (AvgIpc) is 2.17. The maximum absolute atomic E-state index is 11.7. The Morgan fingerprint density at radius 2 is 2.13 bits per heavy atom. The molecule has 1 unspecified atom stereocenters. The highest BCUT2D eigenvalue weighted by Gasteiger charge is 2.26. The molecule has 0 aliphatic carbocycles. The third-order valence-electron chi connectivity index (χ3n) is 2.52. The second kappa shape index (κ2) is 5.58. The molecular weight excluding hydrogens is 194 g/mol. The first-order valence-electron chi connectivity index (χ1n) is 5.10. The molecule has 5 heteroatoms. The van der Waals surface area contributed by atoms with Crippen molar-refractivity contribution in [1.29, 1.82) is 0 Å². The third kappa shape index (κ3) is 4.67. The lowest BCUT2D eigenvalue weighted by atomic mass is 9.89. The minimum Gasteiger partial charge on any atom is -0.409 e. The van der Waals surface area contributed by atoms with Gasteiger partial charge in [0.15, 0.2) is 0 Å². The Bertz CT molecular complexity index is 249. The lowest BCUT2D eigenvalue weighted by Crippen LogP contribution is -2.42. The van der Waals surface area contributed by atoms with E-state index in [0.717, 1.165) is 6.42 Å². The van der Waals surface area contributed by atoms with Gasteiger partial charge in [0.1, 0.15) is 5.84 Å². The molecule has 88 valence electrons. The van der Waals surface area contributed by atoms with Crippen molar-refractivity contribution < 1.29 is 10.0 Å². The van der Waals surface area contributed by atoms with Crippen molar-refractivity contribution >= 4 is 11.7 Å². The summed E-state index contributed by atoms with van der Waals surface area (Å²) < 4.78 is 0. The number of hydrogen-bond acceptors (Lipinski definition) is 3. The summed E-state index contributed by atoms with van der Waals surface area (Å²) >= 11 is 0. The van der Waals surface area contributed by atoms with E-state index in [0.29, 0.717) is 6.42 Å². The van der Waals surface area contributed by atoms with E-state index in [1.807, 2.05) is 27.7 Å². The average molecular weight is 215 g/mol.